The van der Waals surface area contributed by atoms with E-state index < -0.39 is 11.7 Å². The molecule has 3 rings (SSSR count). The van der Waals surface area contributed by atoms with Crippen LogP contribution in [0.3, 0.4) is 0 Å². The van der Waals surface area contributed by atoms with Crippen molar-refractivity contribution in [2.24, 2.45) is 0 Å². The first kappa shape index (κ1) is 16.0. The SMILES string of the molecule is CC(C)OCc1nc(-c2cnccc2C(F)(F)F)oc1C1CC1. The fraction of sp³-hybridized carbons (Fsp3) is 0.500. The summed E-state index contributed by atoms with van der Waals surface area (Å²) in [4.78, 5) is 8.03. The van der Waals surface area contributed by atoms with E-state index in [-0.39, 0.29) is 30.1 Å². The largest absolute Gasteiger partial charge is 0.440 e. The third-order valence-electron chi connectivity index (χ3n) is 3.59. The van der Waals surface area contributed by atoms with Gasteiger partial charge in [0.15, 0.2) is 0 Å². The Labute approximate surface area is 131 Å². The molecule has 124 valence electrons. The maximum absolute atomic E-state index is 13.1. The van der Waals surface area contributed by atoms with Crippen LogP contribution in [0, 0.1) is 0 Å². The number of pyridine rings is 1. The molecule has 0 radical (unpaired) electrons. The monoisotopic (exact) mass is 326 g/mol. The normalized spacial score (nSPS) is 15.4. The summed E-state index contributed by atoms with van der Waals surface area (Å²) in [5, 5.41) is 0. The quantitative estimate of drug-likeness (QED) is 0.808. The third kappa shape index (κ3) is 3.55. The predicted molar refractivity (Wildman–Crippen MR) is 76.6 cm³/mol. The number of alkyl halides is 3. The van der Waals surface area contributed by atoms with Gasteiger partial charge in [-0.25, -0.2) is 4.98 Å². The highest BCUT2D eigenvalue weighted by molar-refractivity contribution is 5.59. The van der Waals surface area contributed by atoms with Crippen LogP contribution in [-0.2, 0) is 17.5 Å². The van der Waals surface area contributed by atoms with Crippen LogP contribution < -0.4 is 0 Å². The summed E-state index contributed by atoms with van der Waals surface area (Å²) in [5.41, 5.74) is -0.363. The van der Waals surface area contributed by atoms with Crippen molar-refractivity contribution in [2.75, 3.05) is 0 Å². The lowest BCUT2D eigenvalue weighted by atomic mass is 10.1. The molecule has 4 nitrogen and oxygen atoms in total. The van der Waals surface area contributed by atoms with Gasteiger partial charge in [0.25, 0.3) is 0 Å². The van der Waals surface area contributed by atoms with E-state index in [0.717, 1.165) is 31.3 Å². The van der Waals surface area contributed by atoms with E-state index in [1.807, 2.05) is 13.8 Å². The molecule has 0 spiro atoms. The van der Waals surface area contributed by atoms with Gasteiger partial charge in [0.2, 0.25) is 5.89 Å². The molecule has 0 unspecified atom stereocenters. The van der Waals surface area contributed by atoms with Crippen LogP contribution in [0.25, 0.3) is 11.5 Å². The van der Waals surface area contributed by atoms with Gasteiger partial charge in [-0.1, -0.05) is 0 Å². The zero-order valence-electron chi connectivity index (χ0n) is 12.9. The molecule has 1 saturated carbocycles. The van der Waals surface area contributed by atoms with Crippen LogP contribution in [0.2, 0.25) is 0 Å². The van der Waals surface area contributed by atoms with E-state index in [1.165, 1.54) is 0 Å². The molecule has 1 fully saturated rings. The Bertz CT molecular complexity index is 691. The summed E-state index contributed by atoms with van der Waals surface area (Å²) in [5.74, 6) is 0.820. The van der Waals surface area contributed by atoms with E-state index in [4.69, 9.17) is 9.15 Å². The summed E-state index contributed by atoms with van der Waals surface area (Å²) in [6, 6.07) is 0.931. The molecule has 2 aromatic rings. The van der Waals surface area contributed by atoms with E-state index >= 15 is 0 Å². The Morgan fingerprint density at radius 3 is 2.70 bits per heavy atom. The summed E-state index contributed by atoms with van der Waals surface area (Å²) in [6.45, 7) is 4.01. The van der Waals surface area contributed by atoms with Crippen molar-refractivity contribution in [3.8, 4) is 11.5 Å². The Balaban J connectivity index is 1.99. The molecule has 2 aromatic heterocycles. The van der Waals surface area contributed by atoms with Crippen LogP contribution >= 0.6 is 0 Å². The Hall–Kier alpha value is -1.89. The summed E-state index contributed by atoms with van der Waals surface area (Å²) in [7, 11) is 0. The molecule has 23 heavy (non-hydrogen) atoms. The summed E-state index contributed by atoms with van der Waals surface area (Å²) in [6.07, 6.45) is -0.309. The maximum atomic E-state index is 13.1. The highest BCUT2D eigenvalue weighted by atomic mass is 19.4. The van der Waals surface area contributed by atoms with Crippen molar-refractivity contribution >= 4 is 0 Å². The van der Waals surface area contributed by atoms with Gasteiger partial charge in [0.1, 0.15) is 11.5 Å². The van der Waals surface area contributed by atoms with Crippen LogP contribution in [0.5, 0.6) is 0 Å². The number of rotatable bonds is 5. The summed E-state index contributed by atoms with van der Waals surface area (Å²) >= 11 is 0. The number of hydrogen-bond donors (Lipinski definition) is 0. The zero-order chi connectivity index (χ0) is 16.6. The second kappa shape index (κ2) is 5.96. The Kier molecular flexibility index (Phi) is 4.14. The minimum atomic E-state index is -4.49. The molecular formula is C16H17F3N2O2. The summed E-state index contributed by atoms with van der Waals surface area (Å²) < 4.78 is 50.6. The second-order valence-electron chi connectivity index (χ2n) is 5.88. The predicted octanol–water partition coefficient (Wildman–Crippen LogP) is 4.56. The van der Waals surface area contributed by atoms with Crippen molar-refractivity contribution < 1.29 is 22.3 Å². The lowest BCUT2D eigenvalue weighted by molar-refractivity contribution is -0.137. The highest BCUT2D eigenvalue weighted by Crippen LogP contribution is 2.44. The van der Waals surface area contributed by atoms with E-state index in [9.17, 15) is 13.2 Å². The van der Waals surface area contributed by atoms with Crippen molar-refractivity contribution in [1.29, 1.82) is 0 Å². The van der Waals surface area contributed by atoms with E-state index in [2.05, 4.69) is 9.97 Å². The van der Waals surface area contributed by atoms with Gasteiger partial charge in [-0.3, -0.25) is 4.98 Å². The first-order valence-corrected chi connectivity index (χ1v) is 7.49. The van der Waals surface area contributed by atoms with Gasteiger partial charge >= 0.3 is 6.18 Å². The molecular weight excluding hydrogens is 309 g/mol. The molecule has 0 aliphatic heterocycles. The molecule has 2 heterocycles. The average Bonchev–Trinajstić information content (AvgIpc) is 3.24. The van der Waals surface area contributed by atoms with Crippen LogP contribution in [0.15, 0.2) is 22.9 Å². The minimum absolute atomic E-state index is 0.00586. The molecule has 0 bridgehead atoms. The van der Waals surface area contributed by atoms with Gasteiger partial charge in [0.05, 0.1) is 23.8 Å². The lowest BCUT2D eigenvalue weighted by Gasteiger charge is -2.09. The van der Waals surface area contributed by atoms with Crippen LogP contribution in [0.4, 0.5) is 13.2 Å². The minimum Gasteiger partial charge on any atom is -0.440 e. The standard InChI is InChI=1S/C16H17F3N2O2/c1-9(2)22-8-13-14(10-3-4-10)23-15(21-13)11-7-20-6-5-12(11)16(17,18)19/h5-7,9-10H,3-4,8H2,1-2H3. The molecule has 0 N–H and O–H groups in total. The smallest absolute Gasteiger partial charge is 0.417 e. The van der Waals surface area contributed by atoms with Gasteiger partial charge < -0.3 is 9.15 Å². The molecule has 1 aliphatic rings. The fourth-order valence-corrected chi connectivity index (χ4v) is 2.30. The maximum Gasteiger partial charge on any atom is 0.417 e. The van der Waals surface area contributed by atoms with Crippen LogP contribution in [-0.4, -0.2) is 16.1 Å². The molecule has 1 aliphatic carbocycles. The van der Waals surface area contributed by atoms with Gasteiger partial charge in [-0.2, -0.15) is 13.2 Å². The number of ether oxygens (including phenoxy) is 1. The Morgan fingerprint density at radius 1 is 1.35 bits per heavy atom. The van der Waals surface area contributed by atoms with Crippen LogP contribution in [0.1, 0.15) is 49.6 Å². The van der Waals surface area contributed by atoms with E-state index in [0.29, 0.717) is 11.5 Å². The lowest BCUT2D eigenvalue weighted by Crippen LogP contribution is -2.07. The molecule has 0 amide bonds. The van der Waals surface area contributed by atoms with Gasteiger partial charge in [-0.05, 0) is 32.8 Å². The van der Waals surface area contributed by atoms with Crippen molar-refractivity contribution in [1.82, 2.24) is 9.97 Å². The first-order valence-electron chi connectivity index (χ1n) is 7.49. The van der Waals surface area contributed by atoms with Gasteiger partial charge in [-0.15, -0.1) is 0 Å². The number of nitrogens with zero attached hydrogens (tertiary/aromatic N) is 2. The fourth-order valence-electron chi connectivity index (χ4n) is 2.30. The average molecular weight is 326 g/mol. The topological polar surface area (TPSA) is 48.2 Å². The molecule has 0 atom stereocenters. The first-order chi connectivity index (χ1) is 10.9. The number of halogens is 3. The number of hydrogen-bond acceptors (Lipinski definition) is 4. The molecule has 7 heteroatoms. The zero-order valence-corrected chi connectivity index (χ0v) is 12.9. The van der Waals surface area contributed by atoms with Crippen molar-refractivity contribution in [2.45, 2.75) is 51.5 Å². The third-order valence-corrected chi connectivity index (χ3v) is 3.59. The number of oxazole rings is 1. The second-order valence-corrected chi connectivity index (χ2v) is 5.88. The van der Waals surface area contributed by atoms with Gasteiger partial charge in [0, 0.05) is 18.3 Å². The number of aromatic nitrogens is 2. The van der Waals surface area contributed by atoms with Crippen molar-refractivity contribution in [3.05, 3.63) is 35.5 Å². The molecule has 0 saturated heterocycles. The van der Waals surface area contributed by atoms with Crippen molar-refractivity contribution in [3.63, 3.8) is 0 Å². The Morgan fingerprint density at radius 2 is 2.09 bits per heavy atom. The molecule has 0 aromatic carbocycles. The van der Waals surface area contributed by atoms with E-state index in [1.54, 1.807) is 0 Å². The highest BCUT2D eigenvalue weighted by Gasteiger charge is 2.37.